The zero-order valence-corrected chi connectivity index (χ0v) is 16.1. The molecule has 2 amide bonds. The van der Waals surface area contributed by atoms with Crippen LogP contribution in [0.3, 0.4) is 0 Å². The Labute approximate surface area is 170 Å². The van der Waals surface area contributed by atoms with Gasteiger partial charge in [0.05, 0.1) is 22.0 Å². The lowest BCUT2D eigenvalue weighted by Crippen LogP contribution is -2.58. The van der Waals surface area contributed by atoms with Crippen LogP contribution < -0.4 is 10.2 Å². The number of carboxylic acid groups (broad SMARTS) is 1. The minimum Gasteiger partial charge on any atom is -0.478 e. The van der Waals surface area contributed by atoms with Gasteiger partial charge >= 0.3 is 5.97 Å². The summed E-state index contributed by atoms with van der Waals surface area (Å²) >= 11 is 11.1. The summed E-state index contributed by atoms with van der Waals surface area (Å²) in [6, 6.07) is 11.2. The van der Waals surface area contributed by atoms with Crippen LogP contribution in [0.4, 0.5) is 11.4 Å². The molecular formula is C19H14ClN3O4S. The first kappa shape index (κ1) is 19.7. The van der Waals surface area contributed by atoms with Crippen molar-refractivity contribution in [1.82, 2.24) is 5.32 Å². The van der Waals surface area contributed by atoms with Gasteiger partial charge in [-0.3, -0.25) is 19.5 Å². The van der Waals surface area contributed by atoms with Gasteiger partial charge in [-0.2, -0.15) is 0 Å². The molecule has 3 rings (SSSR count). The van der Waals surface area contributed by atoms with Crippen LogP contribution >= 0.6 is 23.8 Å². The number of amides is 2. The minimum atomic E-state index is -1.19. The Morgan fingerprint density at radius 2 is 1.93 bits per heavy atom. The molecule has 0 saturated carbocycles. The number of carboxylic acids is 1. The lowest BCUT2D eigenvalue weighted by atomic mass is 10.1. The monoisotopic (exact) mass is 415 g/mol. The summed E-state index contributed by atoms with van der Waals surface area (Å²) in [6.07, 6.45) is 1.19. The Morgan fingerprint density at radius 3 is 2.54 bits per heavy atom. The molecule has 28 heavy (non-hydrogen) atoms. The maximum absolute atomic E-state index is 12.8. The fraction of sp³-hybridized carbons (Fsp3) is 0.105. The molecule has 142 valence electrons. The molecule has 1 aliphatic rings. The molecule has 0 unspecified atom stereocenters. The summed E-state index contributed by atoms with van der Waals surface area (Å²) < 4.78 is 0. The maximum Gasteiger partial charge on any atom is 0.337 e. The molecule has 1 atom stereocenters. The first-order valence-corrected chi connectivity index (χ1v) is 8.89. The van der Waals surface area contributed by atoms with Crippen LogP contribution in [0.25, 0.3) is 0 Å². The van der Waals surface area contributed by atoms with E-state index in [0.29, 0.717) is 11.4 Å². The van der Waals surface area contributed by atoms with Gasteiger partial charge in [-0.15, -0.1) is 0 Å². The van der Waals surface area contributed by atoms with Crippen LogP contribution in [0, 0.1) is 12.8 Å². The van der Waals surface area contributed by atoms with E-state index in [9.17, 15) is 14.4 Å². The van der Waals surface area contributed by atoms with Crippen LogP contribution in [0.15, 0.2) is 47.5 Å². The second-order valence-electron chi connectivity index (χ2n) is 6.03. The largest absolute Gasteiger partial charge is 0.478 e. The van der Waals surface area contributed by atoms with Crippen molar-refractivity contribution in [3.05, 3.63) is 58.6 Å². The Balaban J connectivity index is 1.87. The van der Waals surface area contributed by atoms with Gasteiger partial charge in [0.1, 0.15) is 0 Å². The minimum absolute atomic E-state index is 0.00245. The van der Waals surface area contributed by atoms with Crippen LogP contribution in [0.1, 0.15) is 15.9 Å². The SMILES string of the molecule is Cc1ccc(N2C(=O)[C@@H](C=Nc3ccc(C(=O)O)c(Cl)c3)C(=O)NC2=S)cc1. The summed E-state index contributed by atoms with van der Waals surface area (Å²) in [6.45, 7) is 1.91. The van der Waals surface area contributed by atoms with Crippen LogP contribution in [0.2, 0.25) is 5.02 Å². The molecule has 2 N–H and O–H groups in total. The number of thiocarbonyl (C=S) groups is 1. The number of carbonyl (C=O) groups is 3. The van der Waals surface area contributed by atoms with Crippen molar-refractivity contribution in [1.29, 1.82) is 0 Å². The highest BCUT2D eigenvalue weighted by Crippen LogP contribution is 2.24. The molecule has 1 saturated heterocycles. The molecule has 2 aromatic carbocycles. The fourth-order valence-corrected chi connectivity index (χ4v) is 3.13. The standard InChI is InChI=1S/C19H14ClN3O4S/c1-10-2-5-12(6-3-10)23-17(25)14(16(24)22-19(23)28)9-21-11-4-7-13(18(26)27)15(20)8-11/h2-9,14H,1H3,(H,26,27)(H,22,24,28)/t14-/m0/s1. The lowest BCUT2D eigenvalue weighted by Gasteiger charge is -2.30. The summed E-state index contributed by atoms with van der Waals surface area (Å²) in [5, 5.41) is 11.5. The Morgan fingerprint density at radius 1 is 1.25 bits per heavy atom. The van der Waals surface area contributed by atoms with Crippen molar-refractivity contribution in [2.45, 2.75) is 6.92 Å². The third kappa shape index (κ3) is 3.92. The van der Waals surface area contributed by atoms with Gasteiger partial charge in [0.25, 0.3) is 5.91 Å². The summed E-state index contributed by atoms with van der Waals surface area (Å²) in [7, 11) is 0. The number of aryl methyl sites for hydroxylation is 1. The Kier molecular flexibility index (Phi) is 5.53. The van der Waals surface area contributed by atoms with Gasteiger partial charge in [-0.05, 0) is 49.5 Å². The number of halogens is 1. The summed E-state index contributed by atoms with van der Waals surface area (Å²) in [5.41, 5.74) is 1.80. The predicted octanol–water partition coefficient (Wildman–Crippen LogP) is 3.11. The highest BCUT2D eigenvalue weighted by Gasteiger charge is 2.38. The van der Waals surface area contributed by atoms with Crippen molar-refractivity contribution in [2.75, 3.05) is 4.90 Å². The van der Waals surface area contributed by atoms with Gasteiger partial charge in [0, 0.05) is 6.21 Å². The third-order valence-corrected chi connectivity index (χ3v) is 4.65. The molecular weight excluding hydrogens is 402 g/mol. The molecule has 9 heteroatoms. The normalized spacial score (nSPS) is 17.1. The lowest BCUT2D eigenvalue weighted by molar-refractivity contribution is -0.130. The molecule has 0 radical (unpaired) electrons. The molecule has 1 fully saturated rings. The number of rotatable bonds is 4. The average molecular weight is 416 g/mol. The van der Waals surface area contributed by atoms with E-state index in [1.807, 2.05) is 19.1 Å². The van der Waals surface area contributed by atoms with Crippen molar-refractivity contribution in [3.63, 3.8) is 0 Å². The van der Waals surface area contributed by atoms with Gasteiger partial charge in [0.2, 0.25) is 5.91 Å². The Hall–Kier alpha value is -3.10. The van der Waals surface area contributed by atoms with E-state index < -0.39 is 23.7 Å². The quantitative estimate of drug-likeness (QED) is 0.454. The van der Waals surface area contributed by atoms with E-state index in [1.165, 1.54) is 29.3 Å². The molecule has 7 nitrogen and oxygen atoms in total. The number of benzene rings is 2. The van der Waals surface area contributed by atoms with Crippen molar-refractivity contribution < 1.29 is 19.5 Å². The molecule has 0 bridgehead atoms. The number of aromatic carboxylic acids is 1. The topological polar surface area (TPSA) is 99.1 Å². The smallest absolute Gasteiger partial charge is 0.337 e. The average Bonchev–Trinajstić information content (AvgIpc) is 2.62. The van der Waals surface area contributed by atoms with Crippen LogP contribution in [-0.2, 0) is 9.59 Å². The number of nitrogens with zero attached hydrogens (tertiary/aromatic N) is 2. The van der Waals surface area contributed by atoms with Crippen LogP contribution in [-0.4, -0.2) is 34.2 Å². The fourth-order valence-electron chi connectivity index (χ4n) is 2.58. The zero-order valence-electron chi connectivity index (χ0n) is 14.5. The maximum atomic E-state index is 12.8. The van der Waals surface area contributed by atoms with E-state index in [0.717, 1.165) is 5.56 Å². The van der Waals surface area contributed by atoms with Crippen LogP contribution in [0.5, 0.6) is 0 Å². The first-order valence-electron chi connectivity index (χ1n) is 8.10. The van der Waals surface area contributed by atoms with Gasteiger partial charge in [-0.25, -0.2) is 4.79 Å². The van der Waals surface area contributed by atoms with Gasteiger partial charge in [-0.1, -0.05) is 29.3 Å². The number of carbonyl (C=O) groups excluding carboxylic acids is 2. The van der Waals surface area contributed by atoms with Crippen molar-refractivity contribution >= 4 is 64.3 Å². The number of anilines is 1. The molecule has 1 aliphatic heterocycles. The van der Waals surface area contributed by atoms with E-state index in [4.69, 9.17) is 28.9 Å². The summed E-state index contributed by atoms with van der Waals surface area (Å²) in [4.78, 5) is 41.4. The van der Waals surface area contributed by atoms with E-state index in [-0.39, 0.29) is 15.7 Å². The number of hydrogen-bond acceptors (Lipinski definition) is 5. The first-order chi connectivity index (χ1) is 13.3. The second-order valence-corrected chi connectivity index (χ2v) is 6.82. The number of hydrogen-bond donors (Lipinski definition) is 2. The highest BCUT2D eigenvalue weighted by atomic mass is 35.5. The molecule has 2 aromatic rings. The zero-order chi connectivity index (χ0) is 20.4. The third-order valence-electron chi connectivity index (χ3n) is 4.05. The molecule has 0 aromatic heterocycles. The summed E-state index contributed by atoms with van der Waals surface area (Å²) in [5.74, 6) is -3.47. The highest BCUT2D eigenvalue weighted by molar-refractivity contribution is 7.80. The van der Waals surface area contributed by atoms with Gasteiger partial charge in [0.15, 0.2) is 11.0 Å². The van der Waals surface area contributed by atoms with Crippen molar-refractivity contribution in [3.8, 4) is 0 Å². The molecule has 0 aliphatic carbocycles. The second kappa shape index (κ2) is 7.87. The number of nitrogens with one attached hydrogen (secondary N) is 1. The van der Waals surface area contributed by atoms with Crippen molar-refractivity contribution in [2.24, 2.45) is 10.9 Å². The van der Waals surface area contributed by atoms with E-state index >= 15 is 0 Å². The predicted molar refractivity (Wildman–Crippen MR) is 109 cm³/mol. The Bertz CT molecular complexity index is 1020. The van der Waals surface area contributed by atoms with E-state index in [1.54, 1.807) is 12.1 Å². The van der Waals surface area contributed by atoms with E-state index in [2.05, 4.69) is 10.3 Å². The van der Waals surface area contributed by atoms with Gasteiger partial charge < -0.3 is 10.4 Å². The number of aliphatic imine (C=N–C) groups is 1. The molecule has 0 spiro atoms. The molecule has 1 heterocycles.